The van der Waals surface area contributed by atoms with E-state index in [1.54, 1.807) is 18.2 Å². The first-order valence-electron chi connectivity index (χ1n) is 9.87. The molecule has 4 rings (SSSR count). The summed E-state index contributed by atoms with van der Waals surface area (Å²) in [6, 6.07) is 23.9. The van der Waals surface area contributed by atoms with Crippen LogP contribution in [0.15, 0.2) is 78.9 Å². The molecule has 0 bridgehead atoms. The summed E-state index contributed by atoms with van der Waals surface area (Å²) in [7, 11) is 0. The van der Waals surface area contributed by atoms with Crippen molar-refractivity contribution in [3.63, 3.8) is 0 Å². The van der Waals surface area contributed by atoms with Crippen LogP contribution in [0.4, 0.5) is 11.4 Å². The highest BCUT2D eigenvalue weighted by Gasteiger charge is 2.23. The first-order chi connectivity index (χ1) is 14.6. The Morgan fingerprint density at radius 3 is 1.97 bits per heavy atom. The van der Waals surface area contributed by atoms with Gasteiger partial charge in [0.15, 0.2) is 0 Å². The van der Waals surface area contributed by atoms with Crippen LogP contribution in [0.5, 0.6) is 0 Å². The molecule has 30 heavy (non-hydrogen) atoms. The zero-order valence-electron chi connectivity index (χ0n) is 16.4. The molecule has 1 fully saturated rings. The Kier molecular flexibility index (Phi) is 6.00. The highest BCUT2D eigenvalue weighted by molar-refractivity contribution is 6.33. The molecule has 0 atom stereocenters. The first kappa shape index (κ1) is 20.0. The van der Waals surface area contributed by atoms with Gasteiger partial charge in [-0.2, -0.15) is 0 Å². The molecule has 1 N–H and O–H groups in total. The number of halogens is 1. The number of hydrogen-bond donors (Lipinski definition) is 1. The summed E-state index contributed by atoms with van der Waals surface area (Å²) < 4.78 is 0. The number of anilines is 2. The smallest absolute Gasteiger partial charge is 0.255 e. The Balaban J connectivity index is 1.38. The summed E-state index contributed by atoms with van der Waals surface area (Å²) >= 11 is 6.51. The molecule has 0 spiro atoms. The van der Waals surface area contributed by atoms with E-state index in [0.29, 0.717) is 48.0 Å². The van der Waals surface area contributed by atoms with Crippen LogP contribution in [0.2, 0.25) is 5.02 Å². The molecule has 0 aromatic heterocycles. The summed E-state index contributed by atoms with van der Waals surface area (Å²) in [4.78, 5) is 29.0. The third-order valence-electron chi connectivity index (χ3n) is 5.17. The number of nitrogens with zero attached hydrogens (tertiary/aromatic N) is 2. The molecule has 1 heterocycles. The van der Waals surface area contributed by atoms with Gasteiger partial charge in [-0.25, -0.2) is 0 Å². The molecular weight excluding hydrogens is 398 g/mol. The van der Waals surface area contributed by atoms with Crippen LogP contribution in [-0.4, -0.2) is 42.9 Å². The average molecular weight is 420 g/mol. The highest BCUT2D eigenvalue weighted by Crippen LogP contribution is 2.30. The van der Waals surface area contributed by atoms with Gasteiger partial charge >= 0.3 is 0 Å². The SMILES string of the molecule is O=C(Nc1ccc(N2CCN(C(=O)c3ccccc3)CC2)c(Cl)c1)c1ccccc1. The lowest BCUT2D eigenvalue weighted by Gasteiger charge is -2.36. The van der Waals surface area contributed by atoms with Crippen LogP contribution in [0, 0.1) is 0 Å². The van der Waals surface area contributed by atoms with E-state index in [4.69, 9.17) is 11.6 Å². The van der Waals surface area contributed by atoms with Gasteiger partial charge in [0.2, 0.25) is 0 Å². The molecule has 0 saturated carbocycles. The number of carbonyl (C=O) groups is 2. The van der Waals surface area contributed by atoms with Crippen molar-refractivity contribution in [1.82, 2.24) is 4.90 Å². The van der Waals surface area contributed by atoms with Gasteiger partial charge in [-0.15, -0.1) is 0 Å². The van der Waals surface area contributed by atoms with Gasteiger partial charge in [-0.05, 0) is 42.5 Å². The largest absolute Gasteiger partial charge is 0.367 e. The number of amides is 2. The molecule has 1 aliphatic rings. The molecule has 0 radical (unpaired) electrons. The minimum Gasteiger partial charge on any atom is -0.367 e. The topological polar surface area (TPSA) is 52.7 Å². The number of piperazine rings is 1. The van der Waals surface area contributed by atoms with Crippen molar-refractivity contribution in [1.29, 1.82) is 0 Å². The van der Waals surface area contributed by atoms with Crippen molar-refractivity contribution in [3.05, 3.63) is 95.0 Å². The van der Waals surface area contributed by atoms with Crippen LogP contribution in [-0.2, 0) is 0 Å². The van der Waals surface area contributed by atoms with Gasteiger partial charge in [0, 0.05) is 43.0 Å². The molecule has 6 heteroatoms. The van der Waals surface area contributed by atoms with Gasteiger partial charge in [0.05, 0.1) is 10.7 Å². The van der Waals surface area contributed by atoms with Crippen molar-refractivity contribution in [2.24, 2.45) is 0 Å². The normalized spacial score (nSPS) is 13.8. The maximum Gasteiger partial charge on any atom is 0.255 e. The Morgan fingerprint density at radius 2 is 1.37 bits per heavy atom. The van der Waals surface area contributed by atoms with Crippen LogP contribution in [0.25, 0.3) is 0 Å². The molecule has 5 nitrogen and oxygen atoms in total. The first-order valence-corrected chi connectivity index (χ1v) is 10.2. The fraction of sp³-hybridized carbons (Fsp3) is 0.167. The van der Waals surface area contributed by atoms with E-state index in [9.17, 15) is 9.59 Å². The lowest BCUT2D eigenvalue weighted by Crippen LogP contribution is -2.48. The second-order valence-electron chi connectivity index (χ2n) is 7.13. The molecule has 1 saturated heterocycles. The fourth-order valence-corrected chi connectivity index (χ4v) is 3.85. The molecular formula is C24H22ClN3O2. The van der Waals surface area contributed by atoms with Gasteiger partial charge in [0.25, 0.3) is 11.8 Å². The zero-order chi connectivity index (χ0) is 20.9. The van der Waals surface area contributed by atoms with Crippen LogP contribution < -0.4 is 10.2 Å². The van der Waals surface area contributed by atoms with Crippen LogP contribution in [0.1, 0.15) is 20.7 Å². The Morgan fingerprint density at radius 1 is 0.767 bits per heavy atom. The monoisotopic (exact) mass is 419 g/mol. The number of rotatable bonds is 4. The lowest BCUT2D eigenvalue weighted by molar-refractivity contribution is 0.0746. The summed E-state index contributed by atoms with van der Waals surface area (Å²) in [5.41, 5.74) is 2.86. The fourth-order valence-electron chi connectivity index (χ4n) is 3.55. The van der Waals surface area contributed by atoms with Crippen molar-refractivity contribution in [2.75, 3.05) is 36.4 Å². The molecule has 152 valence electrons. The Labute approximate surface area is 180 Å². The van der Waals surface area contributed by atoms with Gasteiger partial charge in [-0.1, -0.05) is 48.0 Å². The van der Waals surface area contributed by atoms with Gasteiger partial charge < -0.3 is 15.1 Å². The van der Waals surface area contributed by atoms with E-state index < -0.39 is 0 Å². The zero-order valence-corrected chi connectivity index (χ0v) is 17.2. The number of nitrogens with one attached hydrogen (secondary N) is 1. The van der Waals surface area contributed by atoms with E-state index in [1.165, 1.54) is 0 Å². The third kappa shape index (κ3) is 4.47. The number of carbonyl (C=O) groups excluding carboxylic acids is 2. The molecule has 3 aromatic carbocycles. The van der Waals surface area contributed by atoms with Gasteiger partial charge in [-0.3, -0.25) is 9.59 Å². The van der Waals surface area contributed by atoms with E-state index in [1.807, 2.05) is 65.6 Å². The predicted octanol–water partition coefficient (Wildman–Crippen LogP) is 4.55. The average Bonchev–Trinajstić information content (AvgIpc) is 2.80. The molecule has 2 amide bonds. The van der Waals surface area contributed by atoms with E-state index in [-0.39, 0.29) is 11.8 Å². The second-order valence-corrected chi connectivity index (χ2v) is 7.54. The van der Waals surface area contributed by atoms with Crippen LogP contribution in [0.3, 0.4) is 0 Å². The van der Waals surface area contributed by atoms with Crippen molar-refractivity contribution in [2.45, 2.75) is 0 Å². The Hall–Kier alpha value is -3.31. The summed E-state index contributed by atoms with van der Waals surface area (Å²) in [6.45, 7) is 2.68. The summed E-state index contributed by atoms with van der Waals surface area (Å²) in [5.74, 6) is -0.118. The molecule has 1 aliphatic heterocycles. The lowest BCUT2D eigenvalue weighted by atomic mass is 10.1. The van der Waals surface area contributed by atoms with Gasteiger partial charge in [0.1, 0.15) is 0 Å². The minimum absolute atomic E-state index is 0.0559. The third-order valence-corrected chi connectivity index (χ3v) is 5.47. The Bertz CT molecular complexity index is 1030. The van der Waals surface area contributed by atoms with Crippen molar-refractivity contribution < 1.29 is 9.59 Å². The van der Waals surface area contributed by atoms with Crippen molar-refractivity contribution >= 4 is 34.8 Å². The van der Waals surface area contributed by atoms with E-state index in [0.717, 1.165) is 5.69 Å². The van der Waals surface area contributed by atoms with E-state index >= 15 is 0 Å². The quantitative estimate of drug-likeness (QED) is 0.674. The molecule has 0 unspecified atom stereocenters. The summed E-state index contributed by atoms with van der Waals surface area (Å²) in [6.07, 6.45) is 0. The predicted molar refractivity (Wildman–Crippen MR) is 120 cm³/mol. The number of benzene rings is 3. The van der Waals surface area contributed by atoms with Crippen LogP contribution >= 0.6 is 11.6 Å². The van der Waals surface area contributed by atoms with Crippen molar-refractivity contribution in [3.8, 4) is 0 Å². The maximum atomic E-state index is 12.6. The minimum atomic E-state index is -0.174. The second kappa shape index (κ2) is 9.01. The molecule has 0 aliphatic carbocycles. The maximum absolute atomic E-state index is 12.6. The molecule has 3 aromatic rings. The summed E-state index contributed by atoms with van der Waals surface area (Å²) in [5, 5.41) is 3.45. The highest BCUT2D eigenvalue weighted by atomic mass is 35.5. The standard InChI is InChI=1S/C24H22ClN3O2/c25-21-17-20(26-23(29)18-7-3-1-4-8-18)11-12-22(21)27-13-15-28(16-14-27)24(30)19-9-5-2-6-10-19/h1-12,17H,13-16H2,(H,26,29). The van der Waals surface area contributed by atoms with E-state index in [2.05, 4.69) is 10.2 Å². The number of hydrogen-bond acceptors (Lipinski definition) is 3.